The number of fused-ring (bicyclic) bond motifs is 1. The van der Waals surface area contributed by atoms with E-state index in [1.165, 1.54) is 0 Å². The van der Waals surface area contributed by atoms with Crippen molar-refractivity contribution in [3.63, 3.8) is 0 Å². The number of hydrazine groups is 2. The van der Waals surface area contributed by atoms with Gasteiger partial charge in [0.15, 0.2) is 23.3 Å². The highest BCUT2D eigenvalue weighted by atomic mass is 32.2. The molecule has 0 amide bonds. The minimum atomic E-state index is -1.30. The Morgan fingerprint density at radius 1 is 1.10 bits per heavy atom. The molecular weight excluding hydrogens is 659 g/mol. The van der Waals surface area contributed by atoms with Crippen LogP contribution >= 0.6 is 11.8 Å². The van der Waals surface area contributed by atoms with Crippen LogP contribution in [0.25, 0.3) is 10.9 Å². The number of rotatable bonds is 25. The van der Waals surface area contributed by atoms with Crippen molar-refractivity contribution in [1.82, 2.24) is 26.3 Å². The molecular formula is C35H55N9O5S. The van der Waals surface area contributed by atoms with Crippen LogP contribution in [0.4, 0.5) is 0 Å². The molecule has 0 bridgehead atoms. The number of nitrogens with zero attached hydrogens (tertiary/aromatic N) is 2. The van der Waals surface area contributed by atoms with Crippen LogP contribution in [0.15, 0.2) is 35.5 Å². The van der Waals surface area contributed by atoms with Gasteiger partial charge in [-0.1, -0.05) is 32.0 Å². The van der Waals surface area contributed by atoms with E-state index in [1.807, 2.05) is 50.6 Å². The van der Waals surface area contributed by atoms with Gasteiger partial charge in [-0.25, -0.2) is 21.3 Å². The zero-order chi connectivity index (χ0) is 36.6. The summed E-state index contributed by atoms with van der Waals surface area (Å²) >= 11 is 1.56. The molecule has 15 heteroatoms. The van der Waals surface area contributed by atoms with Gasteiger partial charge in [-0.2, -0.15) is 11.8 Å². The Labute approximate surface area is 298 Å². The Morgan fingerprint density at radius 2 is 1.84 bits per heavy atom. The van der Waals surface area contributed by atoms with E-state index < -0.39 is 47.7 Å². The summed E-state index contributed by atoms with van der Waals surface area (Å²) in [6, 6.07) is 4.05. The average molecular weight is 714 g/mol. The highest BCUT2D eigenvalue weighted by Crippen LogP contribution is 2.25. The number of benzene rings is 1. The van der Waals surface area contributed by atoms with E-state index in [2.05, 4.69) is 26.3 Å². The molecule has 1 aromatic carbocycles. The molecule has 50 heavy (non-hydrogen) atoms. The van der Waals surface area contributed by atoms with E-state index >= 15 is 0 Å². The predicted molar refractivity (Wildman–Crippen MR) is 198 cm³/mol. The van der Waals surface area contributed by atoms with E-state index in [0.29, 0.717) is 57.4 Å². The molecule has 3 rings (SSSR count). The first kappa shape index (κ1) is 41.0. The van der Waals surface area contributed by atoms with Crippen LogP contribution in [0, 0.1) is 11.8 Å². The van der Waals surface area contributed by atoms with E-state index in [4.69, 9.17) is 17.2 Å². The molecule has 0 saturated carbocycles. The summed E-state index contributed by atoms with van der Waals surface area (Å²) in [6.45, 7) is 4.84. The number of aliphatic imine (C=N–C) groups is 1. The van der Waals surface area contributed by atoms with Gasteiger partial charge in [-0.15, -0.1) is 0 Å². The molecule has 2 aromatic rings. The summed E-state index contributed by atoms with van der Waals surface area (Å²) < 4.78 is 0. The van der Waals surface area contributed by atoms with Gasteiger partial charge < -0.3 is 31.8 Å². The van der Waals surface area contributed by atoms with Crippen LogP contribution in [0.3, 0.4) is 0 Å². The molecule has 10 N–H and O–H groups in total. The third-order valence-electron chi connectivity index (χ3n) is 8.95. The van der Waals surface area contributed by atoms with Gasteiger partial charge in [-0.05, 0) is 74.5 Å². The van der Waals surface area contributed by atoms with E-state index in [1.54, 1.807) is 16.8 Å². The standard InChI is InChI=1S/C35H55N9O5S/c1-22(2)16-25(21-46)41-42-30(12-15-50-3)32(47)18-27(33(48)28(36)17-23-19-40-29-10-5-4-9-26(23)29)34(49)31-11-7-14-44(31)43-24(20-45)8-6-13-39-35(37)38/h4-5,9-10,19-22,24-25,27-28,30-31,40-43H,6-8,11-18,36H2,1-3H3,(H4,37,38,39)/t24-,25-,27?,28+,30+,31+/m1/s1. The zero-order valence-corrected chi connectivity index (χ0v) is 30.3. The predicted octanol–water partition coefficient (Wildman–Crippen LogP) is 1.17. The fraction of sp³-hybridized carbons (Fsp3) is 0.600. The summed E-state index contributed by atoms with van der Waals surface area (Å²) in [5.74, 6) is -1.68. The second-order valence-electron chi connectivity index (χ2n) is 13.4. The van der Waals surface area contributed by atoms with Crippen molar-refractivity contribution in [3.8, 4) is 0 Å². The smallest absolute Gasteiger partial charge is 0.185 e. The van der Waals surface area contributed by atoms with E-state index in [0.717, 1.165) is 29.0 Å². The quantitative estimate of drug-likeness (QED) is 0.0192. The summed E-state index contributed by atoms with van der Waals surface area (Å²) in [6.07, 6.45) is 8.24. The topological polar surface area (TPSA) is 231 Å². The Bertz CT molecular complexity index is 1450. The third kappa shape index (κ3) is 12.4. The lowest BCUT2D eigenvalue weighted by atomic mass is 9.83. The number of thioether (sulfide) groups is 1. The number of aromatic amines is 1. The maximum Gasteiger partial charge on any atom is 0.185 e. The molecule has 1 fully saturated rings. The fourth-order valence-electron chi connectivity index (χ4n) is 6.34. The minimum Gasteiger partial charge on any atom is -0.370 e. The number of nitrogens with one attached hydrogen (secondary N) is 4. The molecule has 1 aliphatic rings. The Morgan fingerprint density at radius 3 is 2.52 bits per heavy atom. The number of hydrogen-bond acceptors (Lipinski definition) is 12. The van der Waals surface area contributed by atoms with Crippen molar-refractivity contribution in [1.29, 1.82) is 0 Å². The van der Waals surface area contributed by atoms with Gasteiger partial charge in [0.1, 0.15) is 12.6 Å². The number of carbonyl (C=O) groups is 5. The molecule has 276 valence electrons. The zero-order valence-electron chi connectivity index (χ0n) is 29.4. The summed E-state index contributed by atoms with van der Waals surface area (Å²) in [7, 11) is 0. The van der Waals surface area contributed by atoms with Crippen LogP contribution < -0.4 is 33.5 Å². The van der Waals surface area contributed by atoms with Crippen LogP contribution in [0.2, 0.25) is 0 Å². The highest BCUT2D eigenvalue weighted by molar-refractivity contribution is 7.98. The number of ketones is 3. The molecule has 1 saturated heterocycles. The largest absolute Gasteiger partial charge is 0.370 e. The van der Waals surface area contributed by atoms with Crippen molar-refractivity contribution in [3.05, 3.63) is 36.0 Å². The van der Waals surface area contributed by atoms with Gasteiger partial charge >= 0.3 is 0 Å². The minimum absolute atomic E-state index is 0.0280. The maximum absolute atomic E-state index is 14.4. The van der Waals surface area contributed by atoms with Crippen LogP contribution in [0.5, 0.6) is 0 Å². The number of guanidine groups is 1. The lowest BCUT2D eigenvalue weighted by Crippen LogP contribution is -2.55. The molecule has 2 heterocycles. The lowest BCUT2D eigenvalue weighted by molar-refractivity contribution is -0.140. The van der Waals surface area contributed by atoms with Crippen LogP contribution in [0.1, 0.15) is 64.4 Å². The first-order valence-electron chi connectivity index (χ1n) is 17.4. The number of hydrogen-bond donors (Lipinski definition) is 7. The SMILES string of the molecule is CSCC[C@H](NN[C@@H](C=O)CC(C)C)C(=O)CC(C(=O)[C@@H](N)Cc1c[nH]c2ccccc12)C(=O)[C@@H]1CCCN1N[C@@H](C=O)CCCN=C(N)N. The molecule has 1 unspecified atom stereocenters. The number of carbonyl (C=O) groups excluding carboxylic acids is 5. The fourth-order valence-corrected chi connectivity index (χ4v) is 6.81. The molecule has 0 aliphatic carbocycles. The van der Waals surface area contributed by atoms with Gasteiger partial charge in [0.25, 0.3) is 0 Å². The molecule has 14 nitrogen and oxygen atoms in total. The first-order chi connectivity index (χ1) is 24.0. The monoisotopic (exact) mass is 713 g/mol. The second-order valence-corrected chi connectivity index (χ2v) is 14.4. The Balaban J connectivity index is 1.84. The summed E-state index contributed by atoms with van der Waals surface area (Å²) in [5.41, 5.74) is 28.3. The van der Waals surface area contributed by atoms with Crippen LogP contribution in [-0.4, -0.2) is 101 Å². The molecule has 1 aromatic heterocycles. The first-order valence-corrected chi connectivity index (χ1v) is 18.8. The normalized spacial score (nSPS) is 18.0. The van der Waals surface area contributed by atoms with Crippen molar-refractivity contribution in [2.75, 3.05) is 25.1 Å². The molecule has 1 aliphatic heterocycles. The number of Topliss-reactive ketones (excluding diaryl/α,β-unsaturated/α-hetero) is 3. The molecule has 6 atom stereocenters. The lowest BCUT2D eigenvalue weighted by Gasteiger charge is -2.30. The van der Waals surface area contributed by atoms with Gasteiger partial charge in [0.05, 0.1) is 36.1 Å². The van der Waals surface area contributed by atoms with E-state index in [9.17, 15) is 24.0 Å². The maximum atomic E-state index is 14.4. The summed E-state index contributed by atoms with van der Waals surface area (Å²) in [5, 5.41) is 2.64. The van der Waals surface area contributed by atoms with Crippen molar-refractivity contribution in [2.24, 2.45) is 34.0 Å². The van der Waals surface area contributed by atoms with Crippen molar-refractivity contribution in [2.45, 2.75) is 95.4 Å². The number of aldehydes is 2. The Hall–Kier alpha value is -3.47. The molecule has 0 spiro atoms. The number of nitrogens with two attached hydrogens (primary N) is 3. The summed E-state index contributed by atoms with van der Waals surface area (Å²) in [4.78, 5) is 73.4. The second kappa shape index (κ2) is 21.0. The number of aromatic nitrogens is 1. The third-order valence-corrected chi connectivity index (χ3v) is 9.59. The van der Waals surface area contributed by atoms with Gasteiger partial charge in [0, 0.05) is 36.6 Å². The van der Waals surface area contributed by atoms with Gasteiger partial charge in [0.2, 0.25) is 0 Å². The van der Waals surface area contributed by atoms with E-state index in [-0.39, 0.29) is 30.5 Å². The van der Waals surface area contributed by atoms with Crippen LogP contribution in [-0.2, 0) is 30.4 Å². The average Bonchev–Trinajstić information content (AvgIpc) is 3.73. The molecule has 0 radical (unpaired) electrons. The number of H-pyrrole nitrogens is 1. The Kier molecular flexibility index (Phi) is 17.2. The highest BCUT2D eigenvalue weighted by Gasteiger charge is 2.42. The van der Waals surface area contributed by atoms with Crippen molar-refractivity contribution >= 4 is 58.5 Å². The van der Waals surface area contributed by atoms with Gasteiger partial charge in [-0.3, -0.25) is 19.4 Å². The number of para-hydroxylation sites is 1. The van der Waals surface area contributed by atoms with Crippen molar-refractivity contribution < 1.29 is 24.0 Å².